The molecule has 130 valence electrons. The minimum Gasteiger partial charge on any atom is -0.470 e. The van der Waals surface area contributed by atoms with E-state index in [1.165, 1.54) is 5.56 Å². The minimum atomic E-state index is -0.0122. The summed E-state index contributed by atoms with van der Waals surface area (Å²) in [5.74, 6) is 0.472. The van der Waals surface area contributed by atoms with Gasteiger partial charge in [0, 0.05) is 26.3 Å². The van der Waals surface area contributed by atoms with Crippen LogP contribution in [0.5, 0.6) is 5.88 Å². The highest BCUT2D eigenvalue weighted by molar-refractivity contribution is 5.96. The molecule has 0 N–H and O–H groups in total. The first kappa shape index (κ1) is 16.1. The van der Waals surface area contributed by atoms with Gasteiger partial charge in [-0.25, -0.2) is 4.98 Å². The molecule has 4 rings (SSSR count). The summed E-state index contributed by atoms with van der Waals surface area (Å²) < 4.78 is 6.10. The Morgan fingerprint density at radius 1 is 1.16 bits per heavy atom. The van der Waals surface area contributed by atoms with Gasteiger partial charge in [-0.3, -0.25) is 9.69 Å². The van der Waals surface area contributed by atoms with E-state index in [0.29, 0.717) is 11.4 Å². The van der Waals surface area contributed by atoms with Crippen LogP contribution in [0.2, 0.25) is 0 Å². The van der Waals surface area contributed by atoms with Crippen LogP contribution in [0.15, 0.2) is 48.7 Å². The number of amides is 1. The van der Waals surface area contributed by atoms with Crippen LogP contribution in [0.1, 0.15) is 22.3 Å². The van der Waals surface area contributed by atoms with Gasteiger partial charge in [-0.2, -0.15) is 0 Å². The van der Waals surface area contributed by atoms with Gasteiger partial charge in [0.2, 0.25) is 5.88 Å². The number of benzene rings is 1. The first-order chi connectivity index (χ1) is 12.2. The standard InChI is InChI=1S/C20H23N3O2/c1-22-17-13-23(12-6-9-15-7-3-2-4-8-15)14-18(17)25-19-16(20(22)24)10-5-11-21-19/h2-5,7-8,10-11,17-18H,6,9,12-14H2,1H3/t17-,18+/m1/s1. The molecule has 1 amide bonds. The lowest BCUT2D eigenvalue weighted by molar-refractivity contribution is 0.0680. The summed E-state index contributed by atoms with van der Waals surface area (Å²) in [4.78, 5) is 21.2. The number of ether oxygens (including phenoxy) is 1. The van der Waals surface area contributed by atoms with Gasteiger partial charge >= 0.3 is 0 Å². The zero-order valence-corrected chi connectivity index (χ0v) is 14.5. The summed E-state index contributed by atoms with van der Waals surface area (Å²) in [5, 5.41) is 0. The molecule has 0 aliphatic carbocycles. The molecular formula is C20H23N3O2. The molecule has 0 spiro atoms. The predicted octanol–water partition coefficient (Wildman–Crippen LogP) is 2.23. The number of pyridine rings is 1. The third-order valence-corrected chi connectivity index (χ3v) is 5.18. The van der Waals surface area contributed by atoms with Crippen LogP contribution in [-0.4, -0.2) is 59.5 Å². The van der Waals surface area contributed by atoms with E-state index in [9.17, 15) is 4.79 Å². The van der Waals surface area contributed by atoms with Crippen molar-refractivity contribution >= 4 is 5.91 Å². The van der Waals surface area contributed by atoms with E-state index in [-0.39, 0.29) is 18.1 Å². The summed E-state index contributed by atoms with van der Waals surface area (Å²) in [7, 11) is 1.87. The molecule has 25 heavy (non-hydrogen) atoms. The minimum absolute atomic E-state index is 0.00161. The monoisotopic (exact) mass is 337 g/mol. The number of carbonyl (C=O) groups is 1. The number of carbonyl (C=O) groups excluding carboxylic acids is 1. The number of fused-ring (bicyclic) bond motifs is 2. The number of likely N-dealkylation sites (tertiary alicyclic amines) is 1. The number of nitrogens with zero attached hydrogens (tertiary/aromatic N) is 3. The summed E-state index contributed by atoms with van der Waals surface area (Å²) in [6, 6.07) is 14.2. The van der Waals surface area contributed by atoms with Crippen LogP contribution in [0.3, 0.4) is 0 Å². The second-order valence-corrected chi connectivity index (χ2v) is 6.84. The number of aryl methyl sites for hydroxylation is 1. The Morgan fingerprint density at radius 2 is 2.00 bits per heavy atom. The molecule has 5 heteroatoms. The topological polar surface area (TPSA) is 45.7 Å². The highest BCUT2D eigenvalue weighted by Crippen LogP contribution is 2.28. The highest BCUT2D eigenvalue weighted by Gasteiger charge is 2.42. The van der Waals surface area contributed by atoms with Crippen molar-refractivity contribution in [1.29, 1.82) is 0 Å². The molecule has 2 aliphatic heterocycles. The first-order valence-corrected chi connectivity index (χ1v) is 8.87. The van der Waals surface area contributed by atoms with Gasteiger partial charge in [0.05, 0.1) is 6.04 Å². The number of rotatable bonds is 4. The molecule has 3 heterocycles. The third kappa shape index (κ3) is 3.24. The fourth-order valence-corrected chi connectivity index (χ4v) is 3.79. The van der Waals surface area contributed by atoms with Crippen LogP contribution in [0, 0.1) is 0 Å². The van der Waals surface area contributed by atoms with E-state index >= 15 is 0 Å². The van der Waals surface area contributed by atoms with Crippen LogP contribution in [0.25, 0.3) is 0 Å². The molecule has 1 saturated heterocycles. The molecule has 2 atom stereocenters. The Balaban J connectivity index is 1.40. The van der Waals surface area contributed by atoms with Gasteiger partial charge in [-0.15, -0.1) is 0 Å². The van der Waals surface area contributed by atoms with E-state index in [2.05, 4.69) is 34.1 Å². The van der Waals surface area contributed by atoms with Gasteiger partial charge in [-0.1, -0.05) is 30.3 Å². The number of hydrogen-bond acceptors (Lipinski definition) is 4. The van der Waals surface area contributed by atoms with Crippen molar-refractivity contribution in [2.75, 3.05) is 26.7 Å². The molecule has 1 aromatic carbocycles. The van der Waals surface area contributed by atoms with E-state index in [1.807, 2.05) is 18.0 Å². The quantitative estimate of drug-likeness (QED) is 0.858. The van der Waals surface area contributed by atoms with E-state index in [1.54, 1.807) is 18.3 Å². The van der Waals surface area contributed by atoms with Gasteiger partial charge < -0.3 is 9.64 Å². The lowest BCUT2D eigenvalue weighted by Crippen LogP contribution is -2.44. The molecular weight excluding hydrogens is 314 g/mol. The van der Waals surface area contributed by atoms with Gasteiger partial charge in [0.15, 0.2) is 0 Å². The highest BCUT2D eigenvalue weighted by atomic mass is 16.5. The van der Waals surface area contributed by atoms with Crippen LogP contribution in [0.4, 0.5) is 0 Å². The van der Waals surface area contributed by atoms with Gasteiger partial charge in [0.1, 0.15) is 11.7 Å². The SMILES string of the molecule is CN1C(=O)c2cccnc2O[C@H]2CN(CCCc3ccccc3)C[C@H]21. The normalized spacial score (nSPS) is 22.9. The first-order valence-electron chi connectivity index (χ1n) is 8.87. The largest absolute Gasteiger partial charge is 0.470 e. The Kier molecular flexibility index (Phi) is 4.40. The smallest absolute Gasteiger partial charge is 0.259 e. The third-order valence-electron chi connectivity index (χ3n) is 5.18. The zero-order chi connectivity index (χ0) is 17.2. The molecule has 0 unspecified atom stereocenters. The number of aromatic nitrogens is 1. The van der Waals surface area contributed by atoms with Crippen molar-refractivity contribution in [1.82, 2.24) is 14.8 Å². The molecule has 2 aromatic rings. The van der Waals surface area contributed by atoms with E-state index in [4.69, 9.17) is 4.74 Å². The Bertz CT molecular complexity index is 750. The van der Waals surface area contributed by atoms with Crippen molar-refractivity contribution in [3.05, 3.63) is 59.8 Å². The average Bonchev–Trinajstić information content (AvgIpc) is 3.00. The van der Waals surface area contributed by atoms with Crippen molar-refractivity contribution in [2.45, 2.75) is 25.0 Å². The maximum atomic E-state index is 12.7. The number of likely N-dealkylation sites (N-methyl/N-ethyl adjacent to an activating group) is 1. The van der Waals surface area contributed by atoms with Crippen LogP contribution < -0.4 is 4.74 Å². The van der Waals surface area contributed by atoms with Gasteiger partial charge in [0.25, 0.3) is 5.91 Å². The Morgan fingerprint density at radius 3 is 2.84 bits per heavy atom. The Hall–Kier alpha value is -2.40. The molecule has 5 nitrogen and oxygen atoms in total. The molecule has 1 fully saturated rings. The fourth-order valence-electron chi connectivity index (χ4n) is 3.79. The molecule has 1 aromatic heterocycles. The lowest BCUT2D eigenvalue weighted by Gasteiger charge is -2.25. The van der Waals surface area contributed by atoms with Crippen LogP contribution >= 0.6 is 0 Å². The maximum Gasteiger partial charge on any atom is 0.259 e. The summed E-state index contributed by atoms with van der Waals surface area (Å²) >= 11 is 0. The van der Waals surface area contributed by atoms with Crippen molar-refractivity contribution in [3.63, 3.8) is 0 Å². The lowest BCUT2D eigenvalue weighted by atomic mass is 10.1. The molecule has 0 saturated carbocycles. The van der Waals surface area contributed by atoms with E-state index in [0.717, 1.165) is 32.5 Å². The summed E-state index contributed by atoms with van der Waals surface area (Å²) in [6.45, 7) is 2.71. The van der Waals surface area contributed by atoms with Crippen molar-refractivity contribution in [2.24, 2.45) is 0 Å². The molecule has 0 radical (unpaired) electrons. The second kappa shape index (κ2) is 6.84. The Labute approximate surface area is 148 Å². The van der Waals surface area contributed by atoms with Gasteiger partial charge in [-0.05, 0) is 37.1 Å². The summed E-state index contributed by atoms with van der Waals surface area (Å²) in [5.41, 5.74) is 1.94. The average molecular weight is 337 g/mol. The predicted molar refractivity (Wildman–Crippen MR) is 95.7 cm³/mol. The van der Waals surface area contributed by atoms with Crippen LogP contribution in [-0.2, 0) is 6.42 Å². The molecule has 2 aliphatic rings. The van der Waals surface area contributed by atoms with Crippen molar-refractivity contribution < 1.29 is 9.53 Å². The fraction of sp³-hybridized carbons (Fsp3) is 0.400. The molecule has 0 bridgehead atoms. The van der Waals surface area contributed by atoms with Crippen molar-refractivity contribution in [3.8, 4) is 5.88 Å². The maximum absolute atomic E-state index is 12.7. The van der Waals surface area contributed by atoms with E-state index < -0.39 is 0 Å². The number of hydrogen-bond donors (Lipinski definition) is 0. The second-order valence-electron chi connectivity index (χ2n) is 6.84. The summed E-state index contributed by atoms with van der Waals surface area (Å²) in [6.07, 6.45) is 3.85. The zero-order valence-electron chi connectivity index (χ0n) is 14.5.